The molecule has 1 aromatic heterocycles. The van der Waals surface area contributed by atoms with Gasteiger partial charge in [-0.15, -0.1) is 0 Å². The van der Waals surface area contributed by atoms with Crippen molar-refractivity contribution in [3.05, 3.63) is 24.5 Å². The minimum atomic E-state index is -3.41. The van der Waals surface area contributed by atoms with E-state index in [0.717, 1.165) is 12.8 Å². The van der Waals surface area contributed by atoms with Crippen LogP contribution in [0.5, 0.6) is 0 Å². The fourth-order valence-corrected chi connectivity index (χ4v) is 2.40. The number of hydrogen-bond acceptors (Lipinski definition) is 4. The van der Waals surface area contributed by atoms with Crippen LogP contribution in [-0.2, 0) is 10.0 Å². The van der Waals surface area contributed by atoms with Gasteiger partial charge in [0.1, 0.15) is 4.90 Å². The van der Waals surface area contributed by atoms with Crippen molar-refractivity contribution in [3.8, 4) is 0 Å². The largest absolute Gasteiger partial charge is 0.330 e. The van der Waals surface area contributed by atoms with Crippen LogP contribution in [0, 0.1) is 5.92 Å². The highest BCUT2D eigenvalue weighted by Gasteiger charge is 2.12. The van der Waals surface area contributed by atoms with Crippen LogP contribution in [0.25, 0.3) is 0 Å². The number of aromatic nitrogens is 1. The lowest BCUT2D eigenvalue weighted by Gasteiger charge is -2.09. The molecule has 0 saturated carbocycles. The first-order valence-corrected chi connectivity index (χ1v) is 7.14. The number of hydrogen-bond donors (Lipinski definition) is 2. The topological polar surface area (TPSA) is 85.1 Å². The third kappa shape index (κ3) is 4.80. The van der Waals surface area contributed by atoms with Crippen LogP contribution in [0.2, 0.25) is 0 Å². The SMILES string of the molecule is CC(CN)CCCNS(=O)(=O)c1cccnc1. The zero-order valence-electron chi connectivity index (χ0n) is 9.96. The van der Waals surface area contributed by atoms with Crippen molar-refractivity contribution >= 4 is 10.0 Å². The molecular formula is C11H19N3O2S. The van der Waals surface area contributed by atoms with E-state index in [1.807, 2.05) is 0 Å². The van der Waals surface area contributed by atoms with Crippen LogP contribution >= 0.6 is 0 Å². The van der Waals surface area contributed by atoms with Gasteiger partial charge in [0.15, 0.2) is 0 Å². The minimum absolute atomic E-state index is 0.201. The van der Waals surface area contributed by atoms with E-state index in [1.165, 1.54) is 12.3 Å². The Morgan fingerprint density at radius 2 is 2.29 bits per heavy atom. The molecule has 17 heavy (non-hydrogen) atoms. The van der Waals surface area contributed by atoms with Crippen LogP contribution in [0.4, 0.5) is 0 Å². The van der Waals surface area contributed by atoms with Gasteiger partial charge in [-0.05, 0) is 37.4 Å². The Morgan fingerprint density at radius 3 is 2.88 bits per heavy atom. The van der Waals surface area contributed by atoms with Gasteiger partial charge in [0.2, 0.25) is 10.0 Å². The lowest BCUT2D eigenvalue weighted by molar-refractivity contribution is 0.513. The van der Waals surface area contributed by atoms with E-state index in [4.69, 9.17) is 5.73 Å². The first-order chi connectivity index (χ1) is 8.06. The highest BCUT2D eigenvalue weighted by atomic mass is 32.2. The average Bonchev–Trinajstić information content (AvgIpc) is 2.35. The van der Waals surface area contributed by atoms with Crippen molar-refractivity contribution in [1.82, 2.24) is 9.71 Å². The summed E-state index contributed by atoms with van der Waals surface area (Å²) in [6.45, 7) is 3.12. The molecular weight excluding hydrogens is 238 g/mol. The van der Waals surface area contributed by atoms with Crippen LogP contribution in [0.15, 0.2) is 29.4 Å². The van der Waals surface area contributed by atoms with Crippen molar-refractivity contribution in [2.75, 3.05) is 13.1 Å². The standard InChI is InChI=1S/C11H19N3O2S/c1-10(8-12)4-2-7-14-17(15,16)11-5-3-6-13-9-11/h3,5-6,9-10,14H,2,4,7-8,12H2,1H3. The van der Waals surface area contributed by atoms with Gasteiger partial charge in [-0.2, -0.15) is 0 Å². The zero-order chi connectivity index (χ0) is 12.7. The Labute approximate surface area is 102 Å². The molecule has 0 bridgehead atoms. The highest BCUT2D eigenvalue weighted by Crippen LogP contribution is 2.06. The molecule has 3 N–H and O–H groups in total. The molecule has 0 radical (unpaired) electrons. The lowest BCUT2D eigenvalue weighted by atomic mass is 10.1. The fraction of sp³-hybridized carbons (Fsp3) is 0.545. The summed E-state index contributed by atoms with van der Waals surface area (Å²) >= 11 is 0. The van der Waals surface area contributed by atoms with Crippen LogP contribution < -0.4 is 10.5 Å². The number of nitrogens with zero attached hydrogens (tertiary/aromatic N) is 1. The van der Waals surface area contributed by atoms with E-state index < -0.39 is 10.0 Å². The Balaban J connectivity index is 2.41. The molecule has 1 unspecified atom stereocenters. The molecule has 0 aromatic carbocycles. The maximum absolute atomic E-state index is 11.8. The molecule has 1 heterocycles. The number of pyridine rings is 1. The normalized spacial score (nSPS) is 13.5. The second-order valence-corrected chi connectivity index (χ2v) is 5.84. The third-order valence-electron chi connectivity index (χ3n) is 2.51. The molecule has 0 spiro atoms. The quantitative estimate of drug-likeness (QED) is 0.705. The van der Waals surface area contributed by atoms with Gasteiger partial charge in [-0.25, -0.2) is 13.1 Å². The van der Waals surface area contributed by atoms with Crippen LogP contribution in [0.3, 0.4) is 0 Å². The molecule has 1 rings (SSSR count). The second kappa shape index (κ2) is 6.68. The van der Waals surface area contributed by atoms with E-state index in [0.29, 0.717) is 19.0 Å². The molecule has 1 atom stereocenters. The molecule has 0 aliphatic heterocycles. The summed E-state index contributed by atoms with van der Waals surface area (Å²) in [5.74, 6) is 0.429. The van der Waals surface area contributed by atoms with Gasteiger partial charge in [0.25, 0.3) is 0 Å². The first-order valence-electron chi connectivity index (χ1n) is 5.66. The first kappa shape index (κ1) is 14.1. The highest BCUT2D eigenvalue weighted by molar-refractivity contribution is 7.89. The van der Waals surface area contributed by atoms with Gasteiger partial charge < -0.3 is 5.73 Å². The van der Waals surface area contributed by atoms with Crippen molar-refractivity contribution in [3.63, 3.8) is 0 Å². The Morgan fingerprint density at radius 1 is 1.53 bits per heavy atom. The fourth-order valence-electron chi connectivity index (χ4n) is 1.36. The number of rotatable bonds is 7. The Bertz CT molecular complexity index is 420. The summed E-state index contributed by atoms with van der Waals surface area (Å²) in [6.07, 6.45) is 4.59. The maximum Gasteiger partial charge on any atom is 0.242 e. The van der Waals surface area contributed by atoms with Gasteiger partial charge in [-0.1, -0.05) is 6.92 Å². The summed E-state index contributed by atoms with van der Waals surface area (Å²) in [4.78, 5) is 3.99. The van der Waals surface area contributed by atoms with Crippen molar-refractivity contribution < 1.29 is 8.42 Å². The van der Waals surface area contributed by atoms with E-state index in [2.05, 4.69) is 16.6 Å². The van der Waals surface area contributed by atoms with Crippen molar-refractivity contribution in [2.45, 2.75) is 24.7 Å². The molecule has 6 heteroatoms. The van der Waals surface area contributed by atoms with E-state index in [1.54, 1.807) is 12.3 Å². The number of sulfonamides is 1. The predicted octanol–water partition coefficient (Wildman–Crippen LogP) is 0.735. The van der Waals surface area contributed by atoms with E-state index >= 15 is 0 Å². The average molecular weight is 257 g/mol. The second-order valence-electron chi connectivity index (χ2n) is 4.07. The number of nitrogens with two attached hydrogens (primary N) is 1. The van der Waals surface area contributed by atoms with Gasteiger partial charge in [0.05, 0.1) is 0 Å². The summed E-state index contributed by atoms with van der Waals surface area (Å²) in [7, 11) is -3.41. The van der Waals surface area contributed by atoms with E-state index in [9.17, 15) is 8.42 Å². The molecule has 0 amide bonds. The molecule has 1 aromatic rings. The molecule has 96 valence electrons. The summed E-state index contributed by atoms with van der Waals surface area (Å²) in [6, 6.07) is 3.13. The molecule has 5 nitrogen and oxygen atoms in total. The Kier molecular flexibility index (Phi) is 5.54. The molecule has 0 fully saturated rings. The lowest BCUT2D eigenvalue weighted by Crippen LogP contribution is -2.25. The monoisotopic (exact) mass is 257 g/mol. The van der Waals surface area contributed by atoms with Gasteiger partial charge >= 0.3 is 0 Å². The maximum atomic E-state index is 11.8. The van der Waals surface area contributed by atoms with Gasteiger partial charge in [0, 0.05) is 18.9 Å². The summed E-state index contributed by atoms with van der Waals surface area (Å²) in [5.41, 5.74) is 5.48. The van der Waals surface area contributed by atoms with Gasteiger partial charge in [-0.3, -0.25) is 4.98 Å². The molecule has 0 aliphatic carbocycles. The summed E-state index contributed by atoms with van der Waals surface area (Å²) in [5, 5.41) is 0. The third-order valence-corrected chi connectivity index (χ3v) is 3.96. The number of nitrogens with one attached hydrogen (secondary N) is 1. The predicted molar refractivity (Wildman–Crippen MR) is 66.9 cm³/mol. The minimum Gasteiger partial charge on any atom is -0.330 e. The molecule has 0 aliphatic rings. The Hall–Kier alpha value is -0.980. The van der Waals surface area contributed by atoms with Crippen LogP contribution in [0.1, 0.15) is 19.8 Å². The van der Waals surface area contributed by atoms with Crippen molar-refractivity contribution in [2.24, 2.45) is 11.7 Å². The van der Waals surface area contributed by atoms with E-state index in [-0.39, 0.29) is 4.90 Å². The van der Waals surface area contributed by atoms with Crippen molar-refractivity contribution in [1.29, 1.82) is 0 Å². The van der Waals surface area contributed by atoms with Crippen LogP contribution in [-0.4, -0.2) is 26.5 Å². The summed E-state index contributed by atoms with van der Waals surface area (Å²) < 4.78 is 26.1. The molecule has 0 saturated heterocycles. The smallest absolute Gasteiger partial charge is 0.242 e. The zero-order valence-corrected chi connectivity index (χ0v) is 10.8.